The second-order valence-electron chi connectivity index (χ2n) is 1.99. The van der Waals surface area contributed by atoms with Crippen LogP contribution in [0, 0.1) is 15.0 Å². The third-order valence-electron chi connectivity index (χ3n) is 1.23. The molecular formula is C7H3F2IN2. The van der Waals surface area contributed by atoms with Gasteiger partial charge in [-0.25, -0.2) is 13.8 Å². The Morgan fingerprint density at radius 2 is 2.17 bits per heavy atom. The summed E-state index contributed by atoms with van der Waals surface area (Å²) in [5.74, 6) is 0. The largest absolute Gasteiger partial charge is 0.266 e. The molecule has 0 aromatic carbocycles. The molecule has 1 heterocycles. The van der Waals surface area contributed by atoms with Crippen LogP contribution < -0.4 is 0 Å². The zero-order chi connectivity index (χ0) is 9.14. The van der Waals surface area contributed by atoms with E-state index in [0.717, 1.165) is 0 Å². The Morgan fingerprint density at radius 1 is 1.50 bits per heavy atom. The average molecular weight is 280 g/mol. The van der Waals surface area contributed by atoms with Gasteiger partial charge in [-0.05, 0) is 34.7 Å². The number of rotatable bonds is 1. The molecule has 0 saturated carbocycles. The molecule has 62 valence electrons. The molecule has 0 saturated heterocycles. The van der Waals surface area contributed by atoms with Gasteiger partial charge in [0, 0.05) is 5.56 Å². The predicted octanol–water partition coefficient (Wildman–Crippen LogP) is 2.50. The molecule has 12 heavy (non-hydrogen) atoms. The van der Waals surface area contributed by atoms with Crippen molar-refractivity contribution in [1.82, 2.24) is 4.98 Å². The molecule has 2 nitrogen and oxygen atoms in total. The van der Waals surface area contributed by atoms with Crippen molar-refractivity contribution in [2.75, 3.05) is 0 Å². The molecule has 1 aromatic heterocycles. The van der Waals surface area contributed by atoms with Crippen molar-refractivity contribution in [1.29, 1.82) is 5.26 Å². The lowest BCUT2D eigenvalue weighted by atomic mass is 10.3. The van der Waals surface area contributed by atoms with Crippen LogP contribution in [0.2, 0.25) is 0 Å². The van der Waals surface area contributed by atoms with Crippen molar-refractivity contribution in [2.45, 2.75) is 6.43 Å². The maximum atomic E-state index is 12.1. The maximum absolute atomic E-state index is 12.1. The standard InChI is InChI=1S/C7H3F2IN2/c8-6(9)5-2-1-4(3-11)12-7(5)10/h1-2,6H. The SMILES string of the molecule is N#Cc1ccc(C(F)F)c(I)n1. The summed E-state index contributed by atoms with van der Waals surface area (Å²) in [6, 6.07) is 4.27. The average Bonchev–Trinajstić information content (AvgIpc) is 2.03. The highest BCUT2D eigenvalue weighted by Gasteiger charge is 2.12. The second-order valence-corrected chi connectivity index (χ2v) is 3.01. The smallest absolute Gasteiger partial charge is 0.231 e. The van der Waals surface area contributed by atoms with Crippen LogP contribution in [0.1, 0.15) is 17.7 Å². The Morgan fingerprint density at radius 3 is 2.58 bits per heavy atom. The van der Waals surface area contributed by atoms with Crippen LogP contribution in [0.4, 0.5) is 8.78 Å². The van der Waals surface area contributed by atoms with Gasteiger partial charge in [-0.1, -0.05) is 0 Å². The molecule has 0 amide bonds. The van der Waals surface area contributed by atoms with Gasteiger partial charge in [-0.15, -0.1) is 0 Å². The van der Waals surface area contributed by atoms with Crippen molar-refractivity contribution in [2.24, 2.45) is 0 Å². The summed E-state index contributed by atoms with van der Waals surface area (Å²) in [7, 11) is 0. The number of alkyl halides is 2. The molecule has 0 spiro atoms. The fourth-order valence-corrected chi connectivity index (χ4v) is 1.35. The van der Waals surface area contributed by atoms with Gasteiger partial charge in [0.15, 0.2) is 0 Å². The molecule has 1 aromatic rings. The van der Waals surface area contributed by atoms with E-state index in [0.29, 0.717) is 0 Å². The Kier molecular flexibility index (Phi) is 2.92. The topological polar surface area (TPSA) is 36.7 Å². The Labute approximate surface area is 81.4 Å². The molecule has 0 atom stereocenters. The lowest BCUT2D eigenvalue weighted by Crippen LogP contribution is -1.94. The summed E-state index contributed by atoms with van der Waals surface area (Å²) >= 11 is 1.68. The minimum atomic E-state index is -2.53. The first-order valence-electron chi connectivity index (χ1n) is 3.00. The summed E-state index contributed by atoms with van der Waals surface area (Å²) in [5.41, 5.74) is 0.0263. The third kappa shape index (κ3) is 1.88. The van der Waals surface area contributed by atoms with E-state index in [-0.39, 0.29) is 15.0 Å². The Balaban J connectivity index is 3.14. The van der Waals surface area contributed by atoms with Crippen molar-refractivity contribution < 1.29 is 8.78 Å². The molecule has 5 heteroatoms. The summed E-state index contributed by atoms with van der Waals surface area (Å²) in [6.07, 6.45) is -2.53. The maximum Gasteiger partial charge on any atom is 0.266 e. The van der Waals surface area contributed by atoms with Gasteiger partial charge in [0.05, 0.1) is 0 Å². The van der Waals surface area contributed by atoms with Crippen molar-refractivity contribution in [3.63, 3.8) is 0 Å². The molecule has 0 fully saturated rings. The quantitative estimate of drug-likeness (QED) is 0.585. The molecule has 0 radical (unpaired) electrons. The lowest BCUT2D eigenvalue weighted by Gasteiger charge is -2.00. The number of nitrogens with zero attached hydrogens (tertiary/aromatic N) is 2. The van der Waals surface area contributed by atoms with Crippen LogP contribution >= 0.6 is 22.6 Å². The van der Waals surface area contributed by atoms with Crippen LogP contribution in [-0.2, 0) is 0 Å². The number of aromatic nitrogens is 1. The van der Waals surface area contributed by atoms with Crippen LogP contribution in [0.3, 0.4) is 0 Å². The van der Waals surface area contributed by atoms with Crippen molar-refractivity contribution >= 4 is 22.6 Å². The van der Waals surface area contributed by atoms with E-state index in [1.807, 2.05) is 0 Å². The van der Waals surface area contributed by atoms with E-state index in [2.05, 4.69) is 4.98 Å². The monoisotopic (exact) mass is 280 g/mol. The normalized spacial score (nSPS) is 9.92. The molecule has 0 bridgehead atoms. The molecule has 0 unspecified atom stereocenters. The molecule has 0 aliphatic carbocycles. The van der Waals surface area contributed by atoms with Crippen LogP contribution in [0.5, 0.6) is 0 Å². The van der Waals surface area contributed by atoms with E-state index >= 15 is 0 Å². The van der Waals surface area contributed by atoms with Gasteiger partial charge in [0.25, 0.3) is 6.43 Å². The minimum Gasteiger partial charge on any atom is -0.231 e. The van der Waals surface area contributed by atoms with Crippen molar-refractivity contribution in [3.05, 3.63) is 27.1 Å². The highest BCUT2D eigenvalue weighted by Crippen LogP contribution is 2.22. The molecule has 0 N–H and O–H groups in total. The Hall–Kier alpha value is -0.770. The number of pyridine rings is 1. The van der Waals surface area contributed by atoms with Gasteiger partial charge < -0.3 is 0 Å². The van der Waals surface area contributed by atoms with Gasteiger partial charge in [0.1, 0.15) is 15.5 Å². The third-order valence-corrected chi connectivity index (χ3v) is 2.09. The second kappa shape index (κ2) is 3.76. The summed E-state index contributed by atoms with van der Waals surface area (Å²) in [5, 5.41) is 8.39. The zero-order valence-electron chi connectivity index (χ0n) is 5.76. The molecular weight excluding hydrogens is 277 g/mol. The minimum absolute atomic E-state index is 0.130. The predicted molar refractivity (Wildman–Crippen MR) is 46.6 cm³/mol. The van der Waals surface area contributed by atoms with Crippen LogP contribution in [0.15, 0.2) is 12.1 Å². The number of nitriles is 1. The van der Waals surface area contributed by atoms with Crippen LogP contribution in [0.25, 0.3) is 0 Å². The first-order valence-corrected chi connectivity index (χ1v) is 4.07. The molecule has 1 rings (SSSR count). The fraction of sp³-hybridized carbons (Fsp3) is 0.143. The molecule has 0 aliphatic rings. The molecule has 0 aliphatic heterocycles. The highest BCUT2D eigenvalue weighted by atomic mass is 127. The van der Waals surface area contributed by atoms with Gasteiger partial charge >= 0.3 is 0 Å². The van der Waals surface area contributed by atoms with E-state index in [4.69, 9.17) is 5.26 Å². The fourth-order valence-electron chi connectivity index (χ4n) is 0.670. The van der Waals surface area contributed by atoms with Gasteiger partial charge in [0.2, 0.25) is 0 Å². The first kappa shape index (κ1) is 9.32. The zero-order valence-corrected chi connectivity index (χ0v) is 7.92. The summed E-state index contributed by atoms with van der Waals surface area (Å²) in [6.45, 7) is 0. The van der Waals surface area contributed by atoms with Crippen molar-refractivity contribution in [3.8, 4) is 6.07 Å². The number of hydrogen-bond donors (Lipinski definition) is 0. The summed E-state index contributed by atoms with van der Waals surface area (Å²) in [4.78, 5) is 3.66. The number of halogens is 3. The van der Waals surface area contributed by atoms with E-state index in [1.54, 1.807) is 28.7 Å². The van der Waals surface area contributed by atoms with Gasteiger partial charge in [-0.3, -0.25) is 0 Å². The first-order chi connectivity index (χ1) is 5.65. The van der Waals surface area contributed by atoms with E-state index in [9.17, 15) is 8.78 Å². The Bertz CT molecular complexity index is 333. The van der Waals surface area contributed by atoms with E-state index < -0.39 is 6.43 Å². The lowest BCUT2D eigenvalue weighted by molar-refractivity contribution is 0.150. The number of hydrogen-bond acceptors (Lipinski definition) is 2. The highest BCUT2D eigenvalue weighted by molar-refractivity contribution is 14.1. The van der Waals surface area contributed by atoms with E-state index in [1.165, 1.54) is 12.1 Å². The summed E-state index contributed by atoms with van der Waals surface area (Å²) < 4.78 is 24.5. The van der Waals surface area contributed by atoms with Crippen LogP contribution in [-0.4, -0.2) is 4.98 Å². The van der Waals surface area contributed by atoms with Gasteiger partial charge in [-0.2, -0.15) is 5.26 Å².